The van der Waals surface area contributed by atoms with Gasteiger partial charge in [0, 0.05) is 24.4 Å². The number of aryl methyl sites for hydroxylation is 1. The first-order chi connectivity index (χ1) is 14.7. The quantitative estimate of drug-likeness (QED) is 0.572. The molecule has 0 unspecified atom stereocenters. The lowest BCUT2D eigenvalue weighted by molar-refractivity contribution is 0.102. The van der Waals surface area contributed by atoms with Crippen LogP contribution in [0.2, 0.25) is 0 Å². The molecule has 3 aromatic carbocycles. The van der Waals surface area contributed by atoms with Crippen LogP contribution in [0.25, 0.3) is 0 Å². The Bertz CT molecular complexity index is 1170. The van der Waals surface area contributed by atoms with Crippen LogP contribution in [-0.2, 0) is 10.0 Å². The van der Waals surface area contributed by atoms with E-state index in [1.165, 1.54) is 11.4 Å². The van der Waals surface area contributed by atoms with Crippen LogP contribution in [0.1, 0.15) is 29.8 Å². The number of hydrogen-bond donors (Lipinski definition) is 1. The molecule has 0 atom stereocenters. The van der Waals surface area contributed by atoms with E-state index in [0.717, 1.165) is 5.56 Å². The maximum absolute atomic E-state index is 13.0. The fourth-order valence-corrected chi connectivity index (χ4v) is 4.16. The van der Waals surface area contributed by atoms with Crippen molar-refractivity contribution < 1.29 is 17.9 Å². The van der Waals surface area contributed by atoms with Crippen LogP contribution in [0.3, 0.4) is 0 Å². The van der Waals surface area contributed by atoms with E-state index in [9.17, 15) is 13.2 Å². The Morgan fingerprint density at radius 2 is 1.65 bits per heavy atom. The number of amides is 1. The smallest absolute Gasteiger partial charge is 0.264 e. The van der Waals surface area contributed by atoms with Gasteiger partial charge in [0.25, 0.3) is 15.9 Å². The van der Waals surface area contributed by atoms with Gasteiger partial charge in [-0.05, 0) is 63.2 Å². The third kappa shape index (κ3) is 5.44. The summed E-state index contributed by atoms with van der Waals surface area (Å²) in [6.45, 7) is 5.75. The minimum Gasteiger partial charge on any atom is -0.491 e. The zero-order valence-corrected chi connectivity index (χ0v) is 18.8. The number of rotatable bonds is 7. The van der Waals surface area contributed by atoms with Crippen LogP contribution in [0, 0.1) is 6.92 Å². The van der Waals surface area contributed by atoms with E-state index in [1.807, 2.05) is 26.8 Å². The molecule has 3 aromatic rings. The third-order valence-electron chi connectivity index (χ3n) is 4.62. The van der Waals surface area contributed by atoms with Gasteiger partial charge in [-0.1, -0.05) is 29.8 Å². The van der Waals surface area contributed by atoms with Crippen molar-refractivity contribution in [2.24, 2.45) is 0 Å². The molecular formula is C24H26N2O4S. The summed E-state index contributed by atoms with van der Waals surface area (Å²) < 4.78 is 32.7. The van der Waals surface area contributed by atoms with Crippen LogP contribution < -0.4 is 14.4 Å². The number of nitrogens with zero attached hydrogens (tertiary/aromatic N) is 1. The van der Waals surface area contributed by atoms with Crippen molar-refractivity contribution in [3.63, 3.8) is 0 Å². The molecule has 0 saturated carbocycles. The summed E-state index contributed by atoms with van der Waals surface area (Å²) in [5.74, 6) is 0.315. The molecule has 1 amide bonds. The average Bonchev–Trinajstić information content (AvgIpc) is 2.73. The number of carbonyl (C=O) groups excluding carboxylic acids is 1. The summed E-state index contributed by atoms with van der Waals surface area (Å²) in [6.07, 6.45) is 0.0219. The van der Waals surface area contributed by atoms with Gasteiger partial charge in [0.1, 0.15) is 5.75 Å². The van der Waals surface area contributed by atoms with Crippen molar-refractivity contribution in [1.29, 1.82) is 0 Å². The van der Waals surface area contributed by atoms with Gasteiger partial charge in [0.15, 0.2) is 0 Å². The summed E-state index contributed by atoms with van der Waals surface area (Å²) in [4.78, 5) is 13.0. The van der Waals surface area contributed by atoms with Crippen LogP contribution in [0.4, 0.5) is 11.4 Å². The van der Waals surface area contributed by atoms with Gasteiger partial charge < -0.3 is 10.1 Å². The number of anilines is 2. The standard InChI is InChI=1S/C24H26N2O4S/c1-17(2)30-22-10-6-8-20(16-22)25-24(27)19-7-5-9-21(15-19)26(4)31(28,29)23-13-11-18(3)12-14-23/h5-17H,1-4H3,(H,25,27). The Kier molecular flexibility index (Phi) is 6.65. The monoisotopic (exact) mass is 438 g/mol. The van der Waals surface area contributed by atoms with E-state index in [2.05, 4.69) is 5.32 Å². The second-order valence-corrected chi connectivity index (χ2v) is 9.45. The maximum Gasteiger partial charge on any atom is 0.264 e. The third-order valence-corrected chi connectivity index (χ3v) is 6.41. The van der Waals surface area contributed by atoms with E-state index >= 15 is 0 Å². The fraction of sp³-hybridized carbons (Fsp3) is 0.208. The fourth-order valence-electron chi connectivity index (χ4n) is 2.97. The highest BCUT2D eigenvalue weighted by Crippen LogP contribution is 2.24. The number of hydrogen-bond acceptors (Lipinski definition) is 4. The molecule has 0 bridgehead atoms. The van der Waals surface area contributed by atoms with Gasteiger partial charge in [0.2, 0.25) is 0 Å². The Morgan fingerprint density at radius 1 is 0.968 bits per heavy atom. The topological polar surface area (TPSA) is 75.7 Å². The number of sulfonamides is 1. The molecule has 0 fully saturated rings. The van der Waals surface area contributed by atoms with Crippen LogP contribution in [0.5, 0.6) is 5.75 Å². The lowest BCUT2D eigenvalue weighted by atomic mass is 10.2. The van der Waals surface area contributed by atoms with Gasteiger partial charge in [-0.2, -0.15) is 0 Å². The molecule has 1 N–H and O–H groups in total. The molecule has 162 valence electrons. The lowest BCUT2D eigenvalue weighted by Crippen LogP contribution is -2.26. The molecule has 0 aromatic heterocycles. The van der Waals surface area contributed by atoms with Crippen molar-refractivity contribution >= 4 is 27.3 Å². The van der Waals surface area contributed by atoms with Crippen LogP contribution >= 0.6 is 0 Å². The van der Waals surface area contributed by atoms with Gasteiger partial charge in [0.05, 0.1) is 16.7 Å². The van der Waals surface area contributed by atoms with E-state index in [0.29, 0.717) is 22.7 Å². The van der Waals surface area contributed by atoms with Crippen molar-refractivity contribution in [3.05, 3.63) is 83.9 Å². The molecule has 3 rings (SSSR count). The first kappa shape index (κ1) is 22.4. The normalized spacial score (nSPS) is 11.3. The van der Waals surface area contributed by atoms with Gasteiger partial charge in [-0.15, -0.1) is 0 Å². The first-order valence-electron chi connectivity index (χ1n) is 9.90. The molecule has 7 heteroatoms. The minimum absolute atomic E-state index is 0.0219. The van der Waals surface area contributed by atoms with Crippen molar-refractivity contribution in [3.8, 4) is 5.75 Å². The Balaban J connectivity index is 1.81. The zero-order chi connectivity index (χ0) is 22.6. The van der Waals surface area contributed by atoms with Gasteiger partial charge >= 0.3 is 0 Å². The van der Waals surface area contributed by atoms with Gasteiger partial charge in [-0.3, -0.25) is 9.10 Å². The van der Waals surface area contributed by atoms with E-state index < -0.39 is 10.0 Å². The molecule has 0 spiro atoms. The molecule has 0 radical (unpaired) electrons. The number of benzene rings is 3. The lowest BCUT2D eigenvalue weighted by Gasteiger charge is -2.20. The minimum atomic E-state index is -3.74. The molecule has 0 aliphatic heterocycles. The predicted molar refractivity (Wildman–Crippen MR) is 123 cm³/mol. The van der Waals surface area contributed by atoms with Crippen LogP contribution in [-0.4, -0.2) is 27.5 Å². The summed E-state index contributed by atoms with van der Waals surface area (Å²) in [5, 5.41) is 2.83. The number of nitrogens with one attached hydrogen (secondary N) is 1. The Morgan fingerprint density at radius 3 is 2.32 bits per heavy atom. The molecular weight excluding hydrogens is 412 g/mol. The Hall–Kier alpha value is -3.32. The number of carbonyl (C=O) groups is 1. The summed E-state index contributed by atoms with van der Waals surface area (Å²) in [7, 11) is -2.27. The molecule has 31 heavy (non-hydrogen) atoms. The molecule has 0 saturated heterocycles. The van der Waals surface area contributed by atoms with Crippen molar-refractivity contribution in [1.82, 2.24) is 0 Å². The second kappa shape index (κ2) is 9.22. The van der Waals surface area contributed by atoms with Crippen LogP contribution in [0.15, 0.2) is 77.7 Å². The van der Waals surface area contributed by atoms with Gasteiger partial charge in [-0.25, -0.2) is 8.42 Å². The van der Waals surface area contributed by atoms with E-state index in [1.54, 1.807) is 66.7 Å². The molecule has 0 aliphatic rings. The zero-order valence-electron chi connectivity index (χ0n) is 18.0. The highest BCUT2D eigenvalue weighted by atomic mass is 32.2. The second-order valence-electron chi connectivity index (χ2n) is 7.48. The SMILES string of the molecule is Cc1ccc(S(=O)(=O)N(C)c2cccc(C(=O)Nc3cccc(OC(C)C)c3)c2)cc1. The summed E-state index contributed by atoms with van der Waals surface area (Å²) >= 11 is 0. The molecule has 6 nitrogen and oxygen atoms in total. The van der Waals surface area contributed by atoms with Crippen molar-refractivity contribution in [2.45, 2.75) is 31.8 Å². The highest BCUT2D eigenvalue weighted by molar-refractivity contribution is 7.92. The maximum atomic E-state index is 13.0. The molecule has 0 aliphatic carbocycles. The summed E-state index contributed by atoms with van der Waals surface area (Å²) in [5.41, 5.74) is 2.31. The largest absolute Gasteiger partial charge is 0.491 e. The number of ether oxygens (including phenoxy) is 1. The first-order valence-corrected chi connectivity index (χ1v) is 11.3. The Labute approximate surface area is 183 Å². The predicted octanol–water partition coefficient (Wildman–Crippen LogP) is 4.86. The van der Waals surface area contributed by atoms with E-state index in [-0.39, 0.29) is 16.9 Å². The highest BCUT2D eigenvalue weighted by Gasteiger charge is 2.22. The molecule has 0 heterocycles. The summed E-state index contributed by atoms with van der Waals surface area (Å²) in [6, 6.07) is 20.3. The average molecular weight is 439 g/mol. The van der Waals surface area contributed by atoms with Crippen molar-refractivity contribution in [2.75, 3.05) is 16.7 Å². The van der Waals surface area contributed by atoms with E-state index in [4.69, 9.17) is 4.74 Å².